The van der Waals surface area contributed by atoms with Crippen molar-refractivity contribution in [3.8, 4) is 0 Å². The second-order valence-corrected chi connectivity index (χ2v) is 11.4. The first-order valence-electron chi connectivity index (χ1n) is 12.2. The topological polar surface area (TPSA) is 60.7 Å². The van der Waals surface area contributed by atoms with Gasteiger partial charge in [0.1, 0.15) is 0 Å². The van der Waals surface area contributed by atoms with E-state index in [1.54, 1.807) is 5.57 Å². The van der Waals surface area contributed by atoms with Crippen LogP contribution in [-0.4, -0.2) is 33.1 Å². The molecule has 3 N–H and O–H groups in total. The van der Waals surface area contributed by atoms with Gasteiger partial charge in [-0.1, -0.05) is 56.6 Å². The Balaban J connectivity index is 1.67. The summed E-state index contributed by atoms with van der Waals surface area (Å²) in [4.78, 5) is 0. The van der Waals surface area contributed by atoms with Crippen molar-refractivity contribution in [3.05, 3.63) is 35.5 Å². The van der Waals surface area contributed by atoms with Gasteiger partial charge in [-0.05, 0) is 94.0 Å². The average molecular weight is 417 g/mol. The Morgan fingerprint density at radius 2 is 1.83 bits per heavy atom. The molecule has 3 nitrogen and oxygen atoms in total. The Hall–Kier alpha value is -0.900. The fourth-order valence-electron chi connectivity index (χ4n) is 6.70. The number of rotatable bonds is 6. The maximum absolute atomic E-state index is 10.1. The molecule has 170 valence electrons. The molecule has 0 amide bonds. The molecule has 3 rings (SSSR count). The summed E-state index contributed by atoms with van der Waals surface area (Å²) in [7, 11) is 0. The zero-order valence-corrected chi connectivity index (χ0v) is 19.7. The molecule has 3 aliphatic carbocycles. The lowest BCUT2D eigenvalue weighted by molar-refractivity contribution is 0.0596. The van der Waals surface area contributed by atoms with E-state index in [0.29, 0.717) is 35.7 Å². The van der Waals surface area contributed by atoms with E-state index in [0.717, 1.165) is 24.3 Å². The van der Waals surface area contributed by atoms with Gasteiger partial charge >= 0.3 is 0 Å². The van der Waals surface area contributed by atoms with Crippen LogP contribution < -0.4 is 0 Å². The lowest BCUT2D eigenvalue weighted by atomic mass is 9.60. The number of aliphatic hydroxyl groups excluding tert-OH is 2. The normalized spacial score (nSPS) is 37.4. The fraction of sp³-hybridized carbons (Fsp3) is 0.778. The number of hydrogen-bond acceptors (Lipinski definition) is 3. The average Bonchev–Trinajstić information content (AvgIpc) is 3.00. The van der Waals surface area contributed by atoms with Gasteiger partial charge in [0, 0.05) is 0 Å². The van der Waals surface area contributed by atoms with Gasteiger partial charge in [-0.2, -0.15) is 0 Å². The lowest BCUT2D eigenvalue weighted by Gasteiger charge is -2.44. The number of allylic oxidation sites excluding steroid dienone is 3. The molecular formula is C27H44O3. The maximum atomic E-state index is 10.1. The first kappa shape index (κ1) is 23.8. The van der Waals surface area contributed by atoms with Crippen LogP contribution in [0.25, 0.3) is 0 Å². The molecule has 0 aromatic carbocycles. The van der Waals surface area contributed by atoms with Crippen molar-refractivity contribution in [3.63, 3.8) is 0 Å². The summed E-state index contributed by atoms with van der Waals surface area (Å²) in [6, 6.07) is 0. The Kier molecular flexibility index (Phi) is 7.37. The largest absolute Gasteiger partial charge is 0.390 e. The van der Waals surface area contributed by atoms with Crippen molar-refractivity contribution >= 4 is 0 Å². The third-order valence-electron chi connectivity index (χ3n) is 8.47. The number of hydrogen-bond donors (Lipinski definition) is 3. The van der Waals surface area contributed by atoms with Crippen LogP contribution in [0, 0.1) is 23.2 Å². The molecule has 30 heavy (non-hydrogen) atoms. The van der Waals surface area contributed by atoms with Gasteiger partial charge in [-0.25, -0.2) is 0 Å². The zero-order valence-electron chi connectivity index (χ0n) is 19.7. The van der Waals surface area contributed by atoms with Gasteiger partial charge in [0.15, 0.2) is 0 Å². The molecule has 3 aliphatic rings. The highest BCUT2D eigenvalue weighted by atomic mass is 16.3. The Morgan fingerprint density at radius 3 is 2.47 bits per heavy atom. The van der Waals surface area contributed by atoms with Crippen LogP contribution in [0.3, 0.4) is 0 Å². The molecule has 3 fully saturated rings. The molecule has 0 radical (unpaired) electrons. The molecule has 0 saturated heterocycles. The van der Waals surface area contributed by atoms with Crippen molar-refractivity contribution in [2.75, 3.05) is 0 Å². The highest BCUT2D eigenvalue weighted by molar-refractivity contribution is 5.29. The minimum Gasteiger partial charge on any atom is -0.390 e. The molecule has 0 aromatic heterocycles. The van der Waals surface area contributed by atoms with Crippen molar-refractivity contribution in [2.24, 2.45) is 23.2 Å². The molecule has 0 aromatic rings. The molecular weight excluding hydrogens is 372 g/mol. The fourth-order valence-corrected chi connectivity index (χ4v) is 6.70. The van der Waals surface area contributed by atoms with E-state index in [1.807, 2.05) is 13.8 Å². The van der Waals surface area contributed by atoms with Crippen LogP contribution >= 0.6 is 0 Å². The van der Waals surface area contributed by atoms with Crippen LogP contribution in [0.4, 0.5) is 0 Å². The van der Waals surface area contributed by atoms with Gasteiger partial charge in [0.05, 0.1) is 17.8 Å². The first-order valence-corrected chi connectivity index (χ1v) is 12.2. The van der Waals surface area contributed by atoms with E-state index in [4.69, 9.17) is 0 Å². The van der Waals surface area contributed by atoms with Crippen LogP contribution in [-0.2, 0) is 0 Å². The highest BCUT2D eigenvalue weighted by Gasteiger charge is 2.50. The van der Waals surface area contributed by atoms with Crippen molar-refractivity contribution in [1.82, 2.24) is 0 Å². The third kappa shape index (κ3) is 5.29. The third-order valence-corrected chi connectivity index (χ3v) is 8.47. The lowest BCUT2D eigenvalue weighted by Crippen LogP contribution is -2.36. The van der Waals surface area contributed by atoms with Crippen LogP contribution in [0.15, 0.2) is 35.5 Å². The van der Waals surface area contributed by atoms with E-state index >= 15 is 0 Å². The summed E-state index contributed by atoms with van der Waals surface area (Å²) in [6.07, 6.45) is 14.0. The summed E-state index contributed by atoms with van der Waals surface area (Å²) in [6.45, 7) is 12.6. The smallest absolute Gasteiger partial charge is 0.0809 e. The van der Waals surface area contributed by atoms with Gasteiger partial charge in [0.25, 0.3) is 0 Å². The summed E-state index contributed by atoms with van der Waals surface area (Å²) in [5.74, 6) is 2.13. The molecule has 3 heteroatoms. The van der Waals surface area contributed by atoms with Gasteiger partial charge in [0.2, 0.25) is 0 Å². The quantitative estimate of drug-likeness (QED) is 0.486. The van der Waals surface area contributed by atoms with Crippen molar-refractivity contribution in [1.29, 1.82) is 0 Å². The molecule has 6 atom stereocenters. The molecule has 0 spiro atoms. The van der Waals surface area contributed by atoms with Crippen molar-refractivity contribution in [2.45, 2.75) is 110 Å². The Morgan fingerprint density at radius 1 is 1.17 bits per heavy atom. The summed E-state index contributed by atoms with van der Waals surface area (Å²) in [5, 5.41) is 30.3. The maximum Gasteiger partial charge on any atom is 0.0809 e. The van der Waals surface area contributed by atoms with Crippen LogP contribution in [0.5, 0.6) is 0 Å². The van der Waals surface area contributed by atoms with E-state index in [2.05, 4.69) is 32.6 Å². The summed E-state index contributed by atoms with van der Waals surface area (Å²) in [5.41, 5.74) is 3.11. The van der Waals surface area contributed by atoms with E-state index in [-0.39, 0.29) is 0 Å². The SMILES string of the molecule is C=C1[C@H](O)CC(=C/C=C2\CCC[C@]3(C)[C@@H]([C@H](C)CCCC(C)(C)O)CC[C@@H]23)C[C@H]1O. The summed E-state index contributed by atoms with van der Waals surface area (Å²) < 4.78 is 0. The minimum absolute atomic E-state index is 0.386. The minimum atomic E-state index is -0.615. The van der Waals surface area contributed by atoms with Crippen LogP contribution in [0.1, 0.15) is 91.9 Å². The van der Waals surface area contributed by atoms with Crippen molar-refractivity contribution < 1.29 is 15.3 Å². The van der Waals surface area contributed by atoms with E-state index < -0.39 is 17.8 Å². The molecule has 0 heterocycles. The van der Waals surface area contributed by atoms with E-state index in [9.17, 15) is 15.3 Å². The van der Waals surface area contributed by atoms with Gasteiger partial charge in [-0.15, -0.1) is 0 Å². The highest BCUT2D eigenvalue weighted by Crippen LogP contribution is 2.60. The predicted molar refractivity (Wildman–Crippen MR) is 124 cm³/mol. The van der Waals surface area contributed by atoms with Crippen LogP contribution in [0.2, 0.25) is 0 Å². The second kappa shape index (κ2) is 9.30. The standard InChI is InChI=1S/C27H44O3/c1-18(8-6-14-26(3,4)30)22-12-13-23-21(9-7-15-27(22,23)5)11-10-20-16-24(28)19(2)25(29)17-20/h10-11,18,22-25,28-30H,2,6-9,12-17H2,1,3-5H3/b21-11+/t18-,22-,23+,24-,25-,27-/m1/s1. The molecule has 3 saturated carbocycles. The molecule has 0 unspecified atom stereocenters. The predicted octanol–water partition coefficient (Wildman–Crippen LogP) is 5.70. The Labute approximate surface area is 184 Å². The van der Waals surface area contributed by atoms with E-state index in [1.165, 1.54) is 38.5 Å². The molecule has 0 aliphatic heterocycles. The zero-order chi connectivity index (χ0) is 22.1. The second-order valence-electron chi connectivity index (χ2n) is 11.4. The Bertz CT molecular complexity index is 667. The number of aliphatic hydroxyl groups is 3. The molecule has 0 bridgehead atoms. The monoisotopic (exact) mass is 416 g/mol. The first-order chi connectivity index (χ1) is 14.0. The van der Waals surface area contributed by atoms with Gasteiger partial charge < -0.3 is 15.3 Å². The van der Waals surface area contributed by atoms with Gasteiger partial charge in [-0.3, -0.25) is 0 Å². The number of fused-ring (bicyclic) bond motifs is 1. The summed E-state index contributed by atoms with van der Waals surface area (Å²) >= 11 is 0.